The smallest absolute Gasteiger partial charge is 0.406 e. The van der Waals surface area contributed by atoms with Crippen LogP contribution in [0.15, 0.2) is 23.1 Å². The molecular weight excluding hydrogens is 305 g/mol. The molecule has 0 fully saturated rings. The van der Waals surface area contributed by atoms with Gasteiger partial charge in [0, 0.05) is 6.20 Å². The first-order valence-electron chi connectivity index (χ1n) is 6.20. The molecule has 0 aliphatic heterocycles. The van der Waals surface area contributed by atoms with Crippen LogP contribution in [-0.4, -0.2) is 33.4 Å². The Hall–Kier alpha value is -2.58. The van der Waals surface area contributed by atoms with Gasteiger partial charge in [-0.3, -0.25) is 14.3 Å². The van der Waals surface area contributed by atoms with Gasteiger partial charge >= 0.3 is 12.1 Å². The SMILES string of the molecule is CCOC(=O)c1c(O)c2ncccc2n(CC(F)(F)F)c1=O. The Morgan fingerprint density at radius 3 is 2.73 bits per heavy atom. The Morgan fingerprint density at radius 2 is 2.14 bits per heavy atom. The van der Waals surface area contributed by atoms with Gasteiger partial charge in [-0.2, -0.15) is 13.2 Å². The minimum atomic E-state index is -4.69. The van der Waals surface area contributed by atoms with Gasteiger partial charge in [0.1, 0.15) is 12.1 Å². The van der Waals surface area contributed by atoms with E-state index < -0.39 is 35.6 Å². The number of fused-ring (bicyclic) bond motifs is 1. The van der Waals surface area contributed by atoms with Crippen molar-refractivity contribution in [2.45, 2.75) is 19.6 Å². The van der Waals surface area contributed by atoms with Crippen LogP contribution in [0.3, 0.4) is 0 Å². The van der Waals surface area contributed by atoms with Crippen molar-refractivity contribution in [3.05, 3.63) is 34.2 Å². The zero-order valence-electron chi connectivity index (χ0n) is 11.3. The number of carbonyl (C=O) groups excluding carboxylic acids is 1. The second kappa shape index (κ2) is 5.66. The van der Waals surface area contributed by atoms with E-state index in [9.17, 15) is 27.9 Å². The highest BCUT2D eigenvalue weighted by Crippen LogP contribution is 2.27. The maximum Gasteiger partial charge on any atom is 0.406 e. The molecule has 0 radical (unpaired) electrons. The van der Waals surface area contributed by atoms with Crippen LogP contribution in [0.1, 0.15) is 17.3 Å². The van der Waals surface area contributed by atoms with Crippen LogP contribution in [-0.2, 0) is 11.3 Å². The third kappa shape index (κ3) is 2.87. The first kappa shape index (κ1) is 15.8. The van der Waals surface area contributed by atoms with Gasteiger partial charge in [0.05, 0.1) is 12.1 Å². The minimum absolute atomic E-state index is 0.1000. The van der Waals surface area contributed by atoms with Crippen molar-refractivity contribution in [2.75, 3.05) is 6.61 Å². The molecule has 9 heteroatoms. The molecule has 0 spiro atoms. The minimum Gasteiger partial charge on any atom is -0.505 e. The van der Waals surface area contributed by atoms with Crippen molar-refractivity contribution in [1.29, 1.82) is 0 Å². The molecule has 2 aromatic rings. The number of pyridine rings is 2. The number of carbonyl (C=O) groups is 1. The van der Waals surface area contributed by atoms with Crippen LogP contribution >= 0.6 is 0 Å². The summed E-state index contributed by atoms with van der Waals surface area (Å²) in [6.07, 6.45) is -3.46. The number of nitrogens with zero attached hydrogens (tertiary/aromatic N) is 2. The maximum absolute atomic E-state index is 12.7. The summed E-state index contributed by atoms with van der Waals surface area (Å²) in [5.74, 6) is -1.99. The first-order valence-corrected chi connectivity index (χ1v) is 6.20. The van der Waals surface area contributed by atoms with Crippen LogP contribution in [0.2, 0.25) is 0 Å². The summed E-state index contributed by atoms with van der Waals surface area (Å²) in [6.45, 7) is -0.250. The van der Waals surface area contributed by atoms with Crippen molar-refractivity contribution in [1.82, 2.24) is 9.55 Å². The van der Waals surface area contributed by atoms with Gasteiger partial charge in [-0.15, -0.1) is 0 Å². The second-order valence-corrected chi connectivity index (χ2v) is 4.32. The highest BCUT2D eigenvalue weighted by atomic mass is 19.4. The van der Waals surface area contributed by atoms with Crippen LogP contribution in [0, 0.1) is 0 Å². The van der Waals surface area contributed by atoms with E-state index in [0.717, 1.165) is 0 Å². The molecule has 0 aliphatic rings. The number of aromatic hydroxyl groups is 1. The molecule has 6 nitrogen and oxygen atoms in total. The molecule has 0 aliphatic carbocycles. The van der Waals surface area contributed by atoms with Gasteiger partial charge < -0.3 is 9.84 Å². The quantitative estimate of drug-likeness (QED) is 0.874. The highest BCUT2D eigenvalue weighted by Gasteiger charge is 2.32. The molecular formula is C13H11F3N2O4. The lowest BCUT2D eigenvalue weighted by Crippen LogP contribution is -2.32. The fraction of sp³-hybridized carbons (Fsp3) is 0.308. The number of esters is 1. The predicted molar refractivity (Wildman–Crippen MR) is 69.7 cm³/mol. The van der Waals surface area contributed by atoms with Gasteiger partial charge in [0.2, 0.25) is 0 Å². The number of aromatic nitrogens is 2. The van der Waals surface area contributed by atoms with Crippen molar-refractivity contribution < 1.29 is 27.8 Å². The van der Waals surface area contributed by atoms with Gasteiger partial charge in [0.25, 0.3) is 5.56 Å². The molecule has 118 valence electrons. The van der Waals surface area contributed by atoms with E-state index in [1.165, 1.54) is 25.3 Å². The monoisotopic (exact) mass is 316 g/mol. The molecule has 0 atom stereocenters. The van der Waals surface area contributed by atoms with E-state index in [4.69, 9.17) is 0 Å². The highest BCUT2D eigenvalue weighted by molar-refractivity contribution is 5.98. The number of alkyl halides is 3. The number of ether oxygens (including phenoxy) is 1. The second-order valence-electron chi connectivity index (χ2n) is 4.32. The molecule has 0 saturated heterocycles. The average Bonchev–Trinajstić information content (AvgIpc) is 2.43. The van der Waals surface area contributed by atoms with E-state index in [-0.39, 0.29) is 17.6 Å². The van der Waals surface area contributed by atoms with Gasteiger partial charge in [0.15, 0.2) is 11.3 Å². The van der Waals surface area contributed by atoms with E-state index in [0.29, 0.717) is 4.57 Å². The lowest BCUT2D eigenvalue weighted by atomic mass is 10.2. The Kier molecular flexibility index (Phi) is 4.07. The largest absolute Gasteiger partial charge is 0.505 e. The first-order chi connectivity index (χ1) is 10.3. The third-order valence-electron chi connectivity index (χ3n) is 2.81. The average molecular weight is 316 g/mol. The molecule has 0 amide bonds. The summed E-state index contributed by atoms with van der Waals surface area (Å²) >= 11 is 0. The number of hydrogen-bond acceptors (Lipinski definition) is 5. The zero-order chi connectivity index (χ0) is 16.5. The Morgan fingerprint density at radius 1 is 1.45 bits per heavy atom. The molecule has 1 N–H and O–H groups in total. The molecule has 22 heavy (non-hydrogen) atoms. The van der Waals surface area contributed by atoms with E-state index in [1.54, 1.807) is 0 Å². The van der Waals surface area contributed by atoms with Crippen molar-refractivity contribution in [3.8, 4) is 5.75 Å². The lowest BCUT2D eigenvalue weighted by molar-refractivity contribution is -0.140. The summed E-state index contributed by atoms with van der Waals surface area (Å²) < 4.78 is 43.0. The summed E-state index contributed by atoms with van der Waals surface area (Å²) in [7, 11) is 0. The fourth-order valence-electron chi connectivity index (χ4n) is 1.98. The number of hydrogen-bond donors (Lipinski definition) is 1. The summed E-state index contributed by atoms with van der Waals surface area (Å²) in [5.41, 5.74) is -2.66. The molecule has 2 heterocycles. The van der Waals surface area contributed by atoms with Crippen LogP contribution in [0.5, 0.6) is 5.75 Å². The summed E-state index contributed by atoms with van der Waals surface area (Å²) in [6, 6.07) is 2.52. The standard InChI is InChI=1S/C13H11F3N2O4/c1-2-22-12(21)8-10(19)9-7(4-3-5-17-9)18(11(8)20)6-13(14,15)16/h3-5,19H,2,6H2,1H3. The maximum atomic E-state index is 12.7. The number of halogens is 3. The lowest BCUT2D eigenvalue weighted by Gasteiger charge is -2.15. The Labute approximate surface area is 121 Å². The van der Waals surface area contributed by atoms with Crippen molar-refractivity contribution >= 4 is 17.0 Å². The van der Waals surface area contributed by atoms with E-state index in [1.807, 2.05) is 0 Å². The predicted octanol–water partition coefficient (Wildman–Crippen LogP) is 1.84. The van der Waals surface area contributed by atoms with E-state index in [2.05, 4.69) is 9.72 Å². The topological polar surface area (TPSA) is 81.4 Å². The van der Waals surface area contributed by atoms with Crippen LogP contribution in [0.4, 0.5) is 13.2 Å². The van der Waals surface area contributed by atoms with Crippen molar-refractivity contribution in [2.24, 2.45) is 0 Å². The summed E-state index contributed by atoms with van der Waals surface area (Å²) in [5, 5.41) is 9.99. The third-order valence-corrected chi connectivity index (χ3v) is 2.81. The molecule has 0 aromatic carbocycles. The van der Waals surface area contributed by atoms with Crippen LogP contribution in [0.25, 0.3) is 11.0 Å². The van der Waals surface area contributed by atoms with Gasteiger partial charge in [-0.25, -0.2) is 4.79 Å². The summed E-state index contributed by atoms with van der Waals surface area (Å²) in [4.78, 5) is 27.6. The fourth-order valence-corrected chi connectivity index (χ4v) is 1.98. The zero-order valence-corrected chi connectivity index (χ0v) is 11.3. The number of rotatable bonds is 3. The van der Waals surface area contributed by atoms with Crippen LogP contribution < -0.4 is 5.56 Å². The molecule has 2 aromatic heterocycles. The Bertz CT molecular complexity index is 783. The molecule has 0 bridgehead atoms. The van der Waals surface area contributed by atoms with Crippen molar-refractivity contribution in [3.63, 3.8) is 0 Å². The normalized spacial score (nSPS) is 11.6. The van der Waals surface area contributed by atoms with Gasteiger partial charge in [-0.05, 0) is 19.1 Å². The van der Waals surface area contributed by atoms with E-state index >= 15 is 0 Å². The van der Waals surface area contributed by atoms with Gasteiger partial charge in [-0.1, -0.05) is 0 Å². The molecule has 0 saturated carbocycles. The molecule has 2 rings (SSSR count). The Balaban J connectivity index is 2.82. The molecule has 0 unspecified atom stereocenters.